The maximum absolute atomic E-state index is 5.72. The Balaban J connectivity index is 0.00000144. The number of rotatable bonds is 0. The lowest BCUT2D eigenvalue weighted by Gasteiger charge is -2.07. The molecule has 0 fully saturated rings. The van der Waals surface area contributed by atoms with Crippen LogP contribution in [0.5, 0.6) is 0 Å². The standard InChI is InChI=1S/C6HCl5S.H3N/c7-1-2(8)4(10)6(12)5(11)3(1)9;/h12H;1H3. The molecule has 0 amide bonds. The lowest BCUT2D eigenvalue weighted by molar-refractivity contribution is 1.47. The van der Waals surface area contributed by atoms with Gasteiger partial charge in [0.25, 0.3) is 0 Å². The zero-order valence-corrected chi connectivity index (χ0v) is 10.7. The third-order valence-corrected chi connectivity index (χ3v) is 4.17. The zero-order valence-electron chi connectivity index (χ0n) is 6.04. The van der Waals surface area contributed by atoms with Crippen LogP contribution in [0.25, 0.3) is 0 Å². The van der Waals surface area contributed by atoms with Crippen molar-refractivity contribution < 1.29 is 0 Å². The number of hydrogen-bond donors (Lipinski definition) is 2. The number of halogens is 5. The molecule has 0 heterocycles. The first-order chi connectivity index (χ1) is 5.46. The Morgan fingerprint density at radius 2 is 0.846 bits per heavy atom. The summed E-state index contributed by atoms with van der Waals surface area (Å²) in [5.74, 6) is 0. The SMILES string of the molecule is N.Sc1c(Cl)c(Cl)c(Cl)c(Cl)c1Cl. The Kier molecular flexibility index (Phi) is 5.56. The summed E-state index contributed by atoms with van der Waals surface area (Å²) in [7, 11) is 0. The van der Waals surface area contributed by atoms with Crippen LogP contribution in [-0.2, 0) is 0 Å². The highest BCUT2D eigenvalue weighted by atomic mass is 35.5. The van der Waals surface area contributed by atoms with E-state index < -0.39 is 0 Å². The topological polar surface area (TPSA) is 35.0 Å². The van der Waals surface area contributed by atoms with E-state index in [-0.39, 0.29) is 31.3 Å². The minimum absolute atomic E-state index is 0. The molecule has 0 saturated carbocycles. The Bertz CT molecular complexity index is 235. The fraction of sp³-hybridized carbons (Fsp3) is 0. The number of thiol groups is 1. The summed E-state index contributed by atoms with van der Waals surface area (Å²) in [5, 5.41) is 0.889. The van der Waals surface area contributed by atoms with Crippen LogP contribution in [0.4, 0.5) is 0 Å². The molecule has 0 aliphatic carbocycles. The van der Waals surface area contributed by atoms with Crippen molar-refractivity contribution in [3.63, 3.8) is 0 Å². The summed E-state index contributed by atoms with van der Waals surface area (Å²) in [6.07, 6.45) is 0. The predicted molar refractivity (Wildman–Crippen MR) is 63.8 cm³/mol. The van der Waals surface area contributed by atoms with Gasteiger partial charge in [-0.15, -0.1) is 12.6 Å². The molecule has 0 spiro atoms. The van der Waals surface area contributed by atoms with Crippen LogP contribution in [0.2, 0.25) is 25.1 Å². The highest BCUT2D eigenvalue weighted by Gasteiger charge is 2.16. The van der Waals surface area contributed by atoms with Gasteiger partial charge in [-0.1, -0.05) is 58.0 Å². The van der Waals surface area contributed by atoms with Gasteiger partial charge >= 0.3 is 0 Å². The van der Waals surface area contributed by atoms with Gasteiger partial charge < -0.3 is 6.15 Å². The Morgan fingerprint density at radius 1 is 0.615 bits per heavy atom. The molecule has 0 aliphatic rings. The maximum atomic E-state index is 5.72. The van der Waals surface area contributed by atoms with Gasteiger partial charge in [-0.25, -0.2) is 0 Å². The third kappa shape index (κ3) is 2.51. The highest BCUT2D eigenvalue weighted by molar-refractivity contribution is 7.80. The molecule has 1 aromatic carbocycles. The van der Waals surface area contributed by atoms with Crippen LogP contribution in [-0.4, -0.2) is 0 Å². The average molecular weight is 299 g/mol. The quantitative estimate of drug-likeness (QED) is 0.375. The molecule has 0 unspecified atom stereocenters. The summed E-state index contributed by atoms with van der Waals surface area (Å²) in [6, 6.07) is 0. The molecule has 0 aliphatic heterocycles. The molecule has 0 bridgehead atoms. The van der Waals surface area contributed by atoms with E-state index in [9.17, 15) is 0 Å². The van der Waals surface area contributed by atoms with E-state index in [4.69, 9.17) is 58.0 Å². The van der Waals surface area contributed by atoms with Crippen LogP contribution < -0.4 is 6.15 Å². The van der Waals surface area contributed by atoms with Crippen molar-refractivity contribution in [3.8, 4) is 0 Å². The Hall–Kier alpha value is 0.980. The zero-order chi connectivity index (χ0) is 9.46. The molecular weight excluding hydrogens is 295 g/mol. The summed E-state index contributed by atoms with van der Waals surface area (Å²) in [4.78, 5) is 0.331. The van der Waals surface area contributed by atoms with Gasteiger partial charge in [-0.2, -0.15) is 0 Å². The highest BCUT2D eigenvalue weighted by Crippen LogP contribution is 2.45. The van der Waals surface area contributed by atoms with Crippen molar-refractivity contribution in [2.24, 2.45) is 0 Å². The normalized spacial score (nSPS) is 9.69. The van der Waals surface area contributed by atoms with Crippen LogP contribution >= 0.6 is 70.6 Å². The minimum Gasteiger partial charge on any atom is -0.344 e. The fourth-order valence-corrected chi connectivity index (χ4v) is 2.09. The lowest BCUT2D eigenvalue weighted by atomic mass is 10.3. The van der Waals surface area contributed by atoms with Crippen LogP contribution in [0.15, 0.2) is 4.90 Å². The third-order valence-electron chi connectivity index (χ3n) is 1.19. The fourth-order valence-electron chi connectivity index (χ4n) is 0.593. The van der Waals surface area contributed by atoms with E-state index in [2.05, 4.69) is 12.6 Å². The number of hydrogen-bond acceptors (Lipinski definition) is 2. The van der Waals surface area contributed by atoms with E-state index in [0.717, 1.165) is 0 Å². The van der Waals surface area contributed by atoms with Crippen molar-refractivity contribution in [1.29, 1.82) is 0 Å². The van der Waals surface area contributed by atoms with Crippen LogP contribution in [0.3, 0.4) is 0 Å². The molecule has 74 valence electrons. The van der Waals surface area contributed by atoms with Crippen molar-refractivity contribution in [3.05, 3.63) is 25.1 Å². The first-order valence-electron chi connectivity index (χ1n) is 2.67. The Labute approximate surface area is 106 Å². The lowest BCUT2D eigenvalue weighted by Crippen LogP contribution is -1.80. The molecular formula is C6H4Cl5NS. The smallest absolute Gasteiger partial charge is 0.0809 e. The van der Waals surface area contributed by atoms with Crippen molar-refractivity contribution in [2.45, 2.75) is 4.90 Å². The van der Waals surface area contributed by atoms with Gasteiger partial charge in [0.15, 0.2) is 0 Å². The minimum atomic E-state index is 0. The summed E-state index contributed by atoms with van der Waals surface area (Å²) < 4.78 is 0. The van der Waals surface area contributed by atoms with E-state index in [0.29, 0.717) is 4.90 Å². The first-order valence-corrected chi connectivity index (χ1v) is 5.01. The van der Waals surface area contributed by atoms with Crippen molar-refractivity contribution in [2.75, 3.05) is 0 Å². The second-order valence-electron chi connectivity index (χ2n) is 1.92. The van der Waals surface area contributed by atoms with E-state index in [1.165, 1.54) is 0 Å². The number of benzene rings is 1. The molecule has 0 radical (unpaired) electrons. The molecule has 3 N–H and O–H groups in total. The molecule has 13 heavy (non-hydrogen) atoms. The molecule has 1 rings (SSSR count). The van der Waals surface area contributed by atoms with Gasteiger partial charge in [-0.3, -0.25) is 0 Å². The van der Waals surface area contributed by atoms with Gasteiger partial charge in [0.1, 0.15) is 0 Å². The van der Waals surface area contributed by atoms with Gasteiger partial charge in [0.2, 0.25) is 0 Å². The summed E-state index contributed by atoms with van der Waals surface area (Å²) in [6.45, 7) is 0. The largest absolute Gasteiger partial charge is 0.344 e. The summed E-state index contributed by atoms with van der Waals surface area (Å²) >= 11 is 32.6. The predicted octanol–water partition coefficient (Wildman–Crippen LogP) is 5.40. The van der Waals surface area contributed by atoms with E-state index in [1.54, 1.807) is 0 Å². The Morgan fingerprint density at radius 3 is 1.15 bits per heavy atom. The van der Waals surface area contributed by atoms with Gasteiger partial charge in [0, 0.05) is 4.90 Å². The molecule has 0 saturated heterocycles. The van der Waals surface area contributed by atoms with Gasteiger partial charge in [-0.05, 0) is 0 Å². The van der Waals surface area contributed by atoms with Crippen LogP contribution in [0.1, 0.15) is 0 Å². The van der Waals surface area contributed by atoms with E-state index >= 15 is 0 Å². The van der Waals surface area contributed by atoms with Crippen molar-refractivity contribution >= 4 is 70.6 Å². The average Bonchev–Trinajstić information content (AvgIpc) is 2.08. The first kappa shape index (κ1) is 14.0. The van der Waals surface area contributed by atoms with Gasteiger partial charge in [0.05, 0.1) is 25.1 Å². The maximum Gasteiger partial charge on any atom is 0.0809 e. The second-order valence-corrected chi connectivity index (χ2v) is 4.26. The molecule has 1 nitrogen and oxygen atoms in total. The molecule has 7 heteroatoms. The summed E-state index contributed by atoms with van der Waals surface area (Å²) in [5.41, 5.74) is 0. The van der Waals surface area contributed by atoms with Crippen LogP contribution in [0, 0.1) is 0 Å². The molecule has 1 aromatic rings. The monoisotopic (exact) mass is 297 g/mol. The molecule has 0 atom stereocenters. The van der Waals surface area contributed by atoms with Crippen molar-refractivity contribution in [1.82, 2.24) is 6.15 Å². The van der Waals surface area contributed by atoms with E-state index in [1.807, 2.05) is 0 Å². The molecule has 0 aromatic heterocycles. The second kappa shape index (κ2) is 5.17.